The van der Waals surface area contributed by atoms with Gasteiger partial charge in [-0.3, -0.25) is 4.79 Å². The first-order valence-corrected chi connectivity index (χ1v) is 5.83. The lowest BCUT2D eigenvalue weighted by Crippen LogP contribution is -2.48. The largest absolute Gasteiger partial charge is 0.368 e. The van der Waals surface area contributed by atoms with Crippen molar-refractivity contribution in [3.8, 4) is 11.8 Å². The molecule has 0 unspecified atom stereocenters. The second kappa shape index (κ2) is 5.40. The van der Waals surface area contributed by atoms with Crippen LogP contribution in [0.25, 0.3) is 0 Å². The fourth-order valence-electron chi connectivity index (χ4n) is 1.99. The van der Waals surface area contributed by atoms with Crippen LogP contribution in [0.3, 0.4) is 0 Å². The van der Waals surface area contributed by atoms with E-state index in [2.05, 4.69) is 28.9 Å². The SMILES string of the molecule is CC#CC(=O)N1CCN(c2ccccc2)CC1. The van der Waals surface area contributed by atoms with E-state index in [4.69, 9.17) is 0 Å². The Morgan fingerprint density at radius 2 is 1.76 bits per heavy atom. The van der Waals surface area contributed by atoms with Gasteiger partial charge in [0.05, 0.1) is 0 Å². The van der Waals surface area contributed by atoms with Crippen LogP contribution in [-0.2, 0) is 4.79 Å². The molecular formula is C14H16N2O. The summed E-state index contributed by atoms with van der Waals surface area (Å²) in [4.78, 5) is 15.7. The Hall–Kier alpha value is -1.95. The Labute approximate surface area is 102 Å². The Kier molecular flexibility index (Phi) is 3.66. The molecule has 1 aromatic carbocycles. The molecule has 88 valence electrons. The number of hydrogen-bond acceptors (Lipinski definition) is 2. The number of piperazine rings is 1. The van der Waals surface area contributed by atoms with Gasteiger partial charge in [0.1, 0.15) is 0 Å². The smallest absolute Gasteiger partial charge is 0.298 e. The first-order valence-electron chi connectivity index (χ1n) is 5.83. The number of carbonyl (C=O) groups excluding carboxylic acids is 1. The summed E-state index contributed by atoms with van der Waals surface area (Å²) in [7, 11) is 0. The van der Waals surface area contributed by atoms with Crippen LogP contribution in [0, 0.1) is 11.8 Å². The summed E-state index contributed by atoms with van der Waals surface area (Å²) in [5.41, 5.74) is 1.22. The average molecular weight is 228 g/mol. The average Bonchev–Trinajstić information content (AvgIpc) is 2.40. The molecule has 0 atom stereocenters. The monoisotopic (exact) mass is 228 g/mol. The van der Waals surface area contributed by atoms with Gasteiger partial charge in [-0.05, 0) is 25.0 Å². The molecule has 0 radical (unpaired) electrons. The van der Waals surface area contributed by atoms with Gasteiger partial charge in [-0.2, -0.15) is 0 Å². The molecule has 1 fully saturated rings. The van der Waals surface area contributed by atoms with Gasteiger partial charge in [0.2, 0.25) is 0 Å². The van der Waals surface area contributed by atoms with Crippen LogP contribution in [0.4, 0.5) is 5.69 Å². The molecule has 0 spiro atoms. The van der Waals surface area contributed by atoms with Crippen molar-refractivity contribution >= 4 is 11.6 Å². The van der Waals surface area contributed by atoms with Crippen molar-refractivity contribution in [3.63, 3.8) is 0 Å². The Morgan fingerprint density at radius 3 is 2.35 bits per heavy atom. The van der Waals surface area contributed by atoms with Gasteiger partial charge in [-0.1, -0.05) is 24.1 Å². The third-order valence-electron chi connectivity index (χ3n) is 2.92. The molecule has 1 aliphatic heterocycles. The van der Waals surface area contributed by atoms with Crippen molar-refractivity contribution in [1.82, 2.24) is 4.90 Å². The van der Waals surface area contributed by atoms with E-state index in [1.807, 2.05) is 23.1 Å². The zero-order chi connectivity index (χ0) is 12.1. The standard InChI is InChI=1S/C14H16N2O/c1-2-6-14(17)16-11-9-15(10-12-16)13-7-4-3-5-8-13/h3-5,7-8H,9-12H2,1H3. The lowest BCUT2D eigenvalue weighted by atomic mass is 10.2. The molecule has 0 saturated carbocycles. The van der Waals surface area contributed by atoms with E-state index in [1.165, 1.54) is 5.69 Å². The van der Waals surface area contributed by atoms with Crippen LogP contribution >= 0.6 is 0 Å². The van der Waals surface area contributed by atoms with E-state index in [0.717, 1.165) is 26.2 Å². The molecule has 1 aromatic rings. The van der Waals surface area contributed by atoms with E-state index >= 15 is 0 Å². The van der Waals surface area contributed by atoms with Crippen LogP contribution in [0.1, 0.15) is 6.92 Å². The van der Waals surface area contributed by atoms with Crippen molar-refractivity contribution in [1.29, 1.82) is 0 Å². The van der Waals surface area contributed by atoms with E-state index < -0.39 is 0 Å². The highest BCUT2D eigenvalue weighted by atomic mass is 16.2. The van der Waals surface area contributed by atoms with Crippen molar-refractivity contribution in [2.75, 3.05) is 31.1 Å². The first kappa shape index (κ1) is 11.5. The number of nitrogens with zero attached hydrogens (tertiary/aromatic N) is 2. The highest BCUT2D eigenvalue weighted by molar-refractivity contribution is 5.93. The maximum absolute atomic E-state index is 11.6. The van der Waals surface area contributed by atoms with Gasteiger partial charge < -0.3 is 9.80 Å². The van der Waals surface area contributed by atoms with Gasteiger partial charge in [0.15, 0.2) is 0 Å². The van der Waals surface area contributed by atoms with E-state index in [9.17, 15) is 4.79 Å². The Bertz CT molecular complexity index is 436. The molecule has 2 rings (SSSR count). The van der Waals surface area contributed by atoms with Crippen LogP contribution in [0.5, 0.6) is 0 Å². The number of rotatable bonds is 1. The van der Waals surface area contributed by atoms with Crippen LogP contribution in [-0.4, -0.2) is 37.0 Å². The molecule has 1 aliphatic rings. The highest BCUT2D eigenvalue weighted by Gasteiger charge is 2.19. The molecule has 0 N–H and O–H groups in total. The van der Waals surface area contributed by atoms with Crippen molar-refractivity contribution in [2.24, 2.45) is 0 Å². The van der Waals surface area contributed by atoms with Gasteiger partial charge in [0.25, 0.3) is 5.91 Å². The lowest BCUT2D eigenvalue weighted by molar-refractivity contribution is -0.125. The molecule has 0 aromatic heterocycles. The Balaban J connectivity index is 1.94. The fraction of sp³-hybridized carbons (Fsp3) is 0.357. The van der Waals surface area contributed by atoms with Gasteiger partial charge in [-0.25, -0.2) is 0 Å². The van der Waals surface area contributed by atoms with E-state index in [-0.39, 0.29) is 5.91 Å². The molecule has 1 saturated heterocycles. The quantitative estimate of drug-likeness (QED) is 0.678. The maximum atomic E-state index is 11.6. The van der Waals surface area contributed by atoms with E-state index in [0.29, 0.717) is 0 Å². The number of para-hydroxylation sites is 1. The minimum Gasteiger partial charge on any atom is -0.368 e. The van der Waals surface area contributed by atoms with Crippen LogP contribution < -0.4 is 4.90 Å². The molecular weight excluding hydrogens is 212 g/mol. The first-order chi connectivity index (χ1) is 8.31. The highest BCUT2D eigenvalue weighted by Crippen LogP contribution is 2.15. The number of anilines is 1. The molecule has 1 amide bonds. The summed E-state index contributed by atoms with van der Waals surface area (Å²) in [5, 5.41) is 0. The molecule has 3 nitrogen and oxygen atoms in total. The predicted octanol–water partition coefficient (Wildman–Crippen LogP) is 1.36. The minimum atomic E-state index is -0.0554. The molecule has 3 heteroatoms. The summed E-state index contributed by atoms with van der Waals surface area (Å²) < 4.78 is 0. The summed E-state index contributed by atoms with van der Waals surface area (Å²) in [6.45, 7) is 4.95. The van der Waals surface area contributed by atoms with Crippen LogP contribution in [0.15, 0.2) is 30.3 Å². The topological polar surface area (TPSA) is 23.6 Å². The van der Waals surface area contributed by atoms with Crippen molar-refractivity contribution in [2.45, 2.75) is 6.92 Å². The lowest BCUT2D eigenvalue weighted by Gasteiger charge is -2.35. The number of amides is 1. The second-order valence-corrected chi connectivity index (χ2v) is 3.99. The molecule has 1 heterocycles. The summed E-state index contributed by atoms with van der Waals surface area (Å²) >= 11 is 0. The third kappa shape index (κ3) is 2.79. The third-order valence-corrected chi connectivity index (χ3v) is 2.92. The second-order valence-electron chi connectivity index (χ2n) is 3.99. The van der Waals surface area contributed by atoms with Crippen molar-refractivity contribution in [3.05, 3.63) is 30.3 Å². The van der Waals surface area contributed by atoms with Gasteiger partial charge >= 0.3 is 0 Å². The zero-order valence-corrected chi connectivity index (χ0v) is 10.0. The summed E-state index contributed by atoms with van der Waals surface area (Å²) in [6.07, 6.45) is 0. The normalized spacial score (nSPS) is 15.1. The van der Waals surface area contributed by atoms with E-state index in [1.54, 1.807) is 6.92 Å². The molecule has 0 aliphatic carbocycles. The number of carbonyl (C=O) groups is 1. The summed E-state index contributed by atoms with van der Waals surface area (Å²) in [6, 6.07) is 10.3. The molecule has 17 heavy (non-hydrogen) atoms. The zero-order valence-electron chi connectivity index (χ0n) is 10.0. The van der Waals surface area contributed by atoms with Gasteiger partial charge in [-0.15, -0.1) is 0 Å². The van der Waals surface area contributed by atoms with Crippen LogP contribution in [0.2, 0.25) is 0 Å². The number of benzene rings is 1. The predicted molar refractivity (Wildman–Crippen MR) is 68.7 cm³/mol. The fourth-order valence-corrected chi connectivity index (χ4v) is 1.99. The van der Waals surface area contributed by atoms with Crippen molar-refractivity contribution < 1.29 is 4.79 Å². The molecule has 0 bridgehead atoms. The minimum absolute atomic E-state index is 0.0554. The maximum Gasteiger partial charge on any atom is 0.298 e. The number of hydrogen-bond donors (Lipinski definition) is 0. The summed E-state index contributed by atoms with van der Waals surface area (Å²) in [5.74, 6) is 5.19. The van der Waals surface area contributed by atoms with Gasteiger partial charge in [0, 0.05) is 31.9 Å². The Morgan fingerprint density at radius 1 is 1.12 bits per heavy atom.